The molecule has 1 unspecified atom stereocenters. The van der Waals surface area contributed by atoms with Gasteiger partial charge >= 0.3 is 11.8 Å². The minimum absolute atomic E-state index is 0.0380. The first-order valence-corrected chi connectivity index (χ1v) is 3.93. The first-order chi connectivity index (χ1) is 5.86. The average Bonchev–Trinajstić information content (AvgIpc) is 2.04. The number of ether oxygens (including phenoxy) is 1. The van der Waals surface area contributed by atoms with Gasteiger partial charge in [-0.15, -0.1) is 0 Å². The minimum Gasteiger partial charge on any atom is -0.369 e. The van der Waals surface area contributed by atoms with Crippen molar-refractivity contribution in [3.63, 3.8) is 0 Å². The van der Waals surface area contributed by atoms with Crippen LogP contribution in [0.15, 0.2) is 0 Å². The SMILES string of the molecule is CC(F)(F)C(F)(F)C1CNCCO1. The van der Waals surface area contributed by atoms with Crippen molar-refractivity contribution >= 4 is 0 Å². The molecule has 0 aromatic carbocycles. The molecule has 0 spiro atoms. The number of nitrogens with one attached hydrogen (secondary N) is 1. The van der Waals surface area contributed by atoms with Crippen LogP contribution < -0.4 is 5.32 Å². The Balaban J connectivity index is 2.67. The van der Waals surface area contributed by atoms with E-state index in [1.807, 2.05) is 0 Å². The van der Waals surface area contributed by atoms with Gasteiger partial charge < -0.3 is 10.1 Å². The van der Waals surface area contributed by atoms with Crippen molar-refractivity contribution in [2.75, 3.05) is 19.7 Å². The summed E-state index contributed by atoms with van der Waals surface area (Å²) in [7, 11) is 0. The summed E-state index contributed by atoms with van der Waals surface area (Å²) in [6, 6.07) is 0. The Morgan fingerprint density at radius 2 is 1.92 bits per heavy atom. The molecule has 6 heteroatoms. The highest BCUT2D eigenvalue weighted by molar-refractivity contribution is 4.91. The molecule has 0 amide bonds. The van der Waals surface area contributed by atoms with Gasteiger partial charge in [-0.05, 0) is 0 Å². The van der Waals surface area contributed by atoms with E-state index in [2.05, 4.69) is 10.1 Å². The van der Waals surface area contributed by atoms with Crippen LogP contribution in [0.25, 0.3) is 0 Å². The maximum absolute atomic E-state index is 12.9. The van der Waals surface area contributed by atoms with Gasteiger partial charge in [0.25, 0.3) is 0 Å². The maximum atomic E-state index is 12.9. The normalized spacial score (nSPS) is 26.1. The predicted octanol–water partition coefficient (Wildman–Crippen LogP) is 1.27. The number of hydrogen-bond donors (Lipinski definition) is 1. The standard InChI is InChI=1S/C7H11F4NO/c1-6(8,9)7(10,11)5-4-12-2-3-13-5/h5,12H,2-4H2,1H3. The molecule has 1 N–H and O–H groups in total. The second-order valence-electron chi connectivity index (χ2n) is 3.07. The fourth-order valence-electron chi connectivity index (χ4n) is 1.08. The van der Waals surface area contributed by atoms with E-state index in [1.54, 1.807) is 0 Å². The van der Waals surface area contributed by atoms with E-state index in [4.69, 9.17) is 0 Å². The van der Waals surface area contributed by atoms with Crippen molar-refractivity contribution in [2.24, 2.45) is 0 Å². The summed E-state index contributed by atoms with van der Waals surface area (Å²) >= 11 is 0. The van der Waals surface area contributed by atoms with Gasteiger partial charge in [0.15, 0.2) is 0 Å². The van der Waals surface area contributed by atoms with Crippen LogP contribution in [-0.2, 0) is 4.74 Å². The zero-order valence-electron chi connectivity index (χ0n) is 7.12. The molecule has 1 aliphatic heterocycles. The van der Waals surface area contributed by atoms with E-state index in [1.165, 1.54) is 0 Å². The van der Waals surface area contributed by atoms with Crippen LogP contribution in [-0.4, -0.2) is 37.6 Å². The summed E-state index contributed by atoms with van der Waals surface area (Å²) in [5, 5.41) is 2.57. The van der Waals surface area contributed by atoms with Crippen LogP contribution in [0.4, 0.5) is 17.6 Å². The zero-order valence-corrected chi connectivity index (χ0v) is 7.12. The predicted molar refractivity (Wildman–Crippen MR) is 38.2 cm³/mol. The molecule has 1 atom stereocenters. The van der Waals surface area contributed by atoms with E-state index >= 15 is 0 Å². The number of alkyl halides is 4. The van der Waals surface area contributed by atoms with Gasteiger partial charge in [-0.3, -0.25) is 0 Å². The summed E-state index contributed by atoms with van der Waals surface area (Å²) < 4.78 is 55.2. The average molecular weight is 201 g/mol. The number of morpholine rings is 1. The van der Waals surface area contributed by atoms with Gasteiger partial charge in [0.05, 0.1) is 6.61 Å². The number of hydrogen-bond acceptors (Lipinski definition) is 2. The number of rotatable bonds is 2. The van der Waals surface area contributed by atoms with Crippen molar-refractivity contribution in [3.8, 4) is 0 Å². The lowest BCUT2D eigenvalue weighted by molar-refractivity contribution is -0.257. The highest BCUT2D eigenvalue weighted by atomic mass is 19.3. The second kappa shape index (κ2) is 3.42. The van der Waals surface area contributed by atoms with E-state index in [0.717, 1.165) is 0 Å². The molecule has 1 rings (SSSR count). The Morgan fingerprint density at radius 3 is 2.31 bits per heavy atom. The Bertz CT molecular complexity index is 174. The Hall–Kier alpha value is -0.360. The molecule has 1 saturated heterocycles. The highest BCUT2D eigenvalue weighted by Gasteiger charge is 2.58. The zero-order chi connectivity index (χ0) is 10.1. The molecule has 0 bridgehead atoms. The van der Waals surface area contributed by atoms with Gasteiger partial charge in [-0.2, -0.15) is 8.78 Å². The molecule has 0 aromatic heterocycles. The Kier molecular flexibility index (Phi) is 2.82. The topological polar surface area (TPSA) is 21.3 Å². The van der Waals surface area contributed by atoms with Crippen LogP contribution in [0, 0.1) is 0 Å². The molecule has 1 fully saturated rings. The third kappa shape index (κ3) is 2.11. The fraction of sp³-hybridized carbons (Fsp3) is 1.00. The summed E-state index contributed by atoms with van der Waals surface area (Å²) in [4.78, 5) is 0. The van der Waals surface area contributed by atoms with Gasteiger partial charge in [0.2, 0.25) is 0 Å². The summed E-state index contributed by atoms with van der Waals surface area (Å²) in [5.41, 5.74) is 0. The lowest BCUT2D eigenvalue weighted by Gasteiger charge is -2.33. The fourth-order valence-corrected chi connectivity index (χ4v) is 1.08. The molecule has 0 radical (unpaired) electrons. The number of halogens is 4. The minimum atomic E-state index is -4.11. The quantitative estimate of drug-likeness (QED) is 0.679. The second-order valence-corrected chi connectivity index (χ2v) is 3.07. The lowest BCUT2D eigenvalue weighted by Crippen LogP contribution is -2.56. The van der Waals surface area contributed by atoms with Crippen LogP contribution in [0.1, 0.15) is 6.92 Å². The summed E-state index contributed by atoms with van der Waals surface area (Å²) in [6.07, 6.45) is -1.73. The molecule has 0 aliphatic carbocycles. The molecule has 2 nitrogen and oxygen atoms in total. The largest absolute Gasteiger partial charge is 0.369 e. The van der Waals surface area contributed by atoms with Crippen LogP contribution >= 0.6 is 0 Å². The van der Waals surface area contributed by atoms with Gasteiger partial charge in [-0.25, -0.2) is 8.78 Å². The first-order valence-electron chi connectivity index (χ1n) is 3.93. The van der Waals surface area contributed by atoms with Crippen LogP contribution in [0.2, 0.25) is 0 Å². The van der Waals surface area contributed by atoms with E-state index in [9.17, 15) is 17.6 Å². The molecular weight excluding hydrogens is 190 g/mol. The molecule has 0 saturated carbocycles. The summed E-state index contributed by atoms with van der Waals surface area (Å²) in [5.74, 6) is -8.16. The maximum Gasteiger partial charge on any atom is 0.336 e. The van der Waals surface area contributed by atoms with Crippen molar-refractivity contribution in [3.05, 3.63) is 0 Å². The van der Waals surface area contributed by atoms with Crippen molar-refractivity contribution in [1.29, 1.82) is 0 Å². The van der Waals surface area contributed by atoms with Crippen LogP contribution in [0.5, 0.6) is 0 Å². The lowest BCUT2D eigenvalue weighted by atomic mass is 10.1. The van der Waals surface area contributed by atoms with E-state index < -0.39 is 17.9 Å². The van der Waals surface area contributed by atoms with Crippen molar-refractivity contribution in [2.45, 2.75) is 24.9 Å². The summed E-state index contributed by atoms with van der Waals surface area (Å²) in [6.45, 7) is 0.416. The molecule has 0 aromatic rings. The van der Waals surface area contributed by atoms with Crippen molar-refractivity contribution in [1.82, 2.24) is 5.32 Å². The smallest absolute Gasteiger partial charge is 0.336 e. The van der Waals surface area contributed by atoms with Gasteiger partial charge in [-0.1, -0.05) is 0 Å². The van der Waals surface area contributed by atoms with Gasteiger partial charge in [0, 0.05) is 20.0 Å². The highest BCUT2D eigenvalue weighted by Crippen LogP contribution is 2.37. The molecule has 1 heterocycles. The molecule has 13 heavy (non-hydrogen) atoms. The molecule has 78 valence electrons. The van der Waals surface area contributed by atoms with E-state index in [0.29, 0.717) is 6.54 Å². The monoisotopic (exact) mass is 201 g/mol. The van der Waals surface area contributed by atoms with Crippen LogP contribution in [0.3, 0.4) is 0 Å². The first kappa shape index (κ1) is 10.7. The third-order valence-corrected chi connectivity index (χ3v) is 1.92. The van der Waals surface area contributed by atoms with E-state index in [-0.39, 0.29) is 20.1 Å². The van der Waals surface area contributed by atoms with Crippen molar-refractivity contribution < 1.29 is 22.3 Å². The Labute approximate surface area is 73.2 Å². The molecular formula is C7H11F4NO. The molecule has 1 aliphatic rings. The Morgan fingerprint density at radius 1 is 1.31 bits per heavy atom. The third-order valence-electron chi connectivity index (χ3n) is 1.92. The van der Waals surface area contributed by atoms with Gasteiger partial charge in [0.1, 0.15) is 6.10 Å².